The first-order chi connectivity index (χ1) is 13.2. The number of nitrogens with zero attached hydrogens (tertiary/aromatic N) is 1. The van der Waals surface area contributed by atoms with Crippen molar-refractivity contribution in [2.24, 2.45) is 0 Å². The van der Waals surface area contributed by atoms with Crippen LogP contribution in [-0.2, 0) is 22.6 Å². The van der Waals surface area contributed by atoms with Gasteiger partial charge in [0.15, 0.2) is 0 Å². The SMILES string of the molecule is Cc1cc(C)cc(CC(=O)N(Cc2ccccc2C)[C@@H](C)C(=O)NC(C)C)c1. The lowest BCUT2D eigenvalue weighted by molar-refractivity contribution is -0.140. The van der Waals surface area contributed by atoms with E-state index in [1.165, 1.54) is 0 Å². The van der Waals surface area contributed by atoms with Gasteiger partial charge in [-0.05, 0) is 58.2 Å². The molecular formula is C24H32N2O2. The first-order valence-corrected chi connectivity index (χ1v) is 9.89. The van der Waals surface area contributed by atoms with E-state index in [1.807, 2.05) is 71.0 Å². The molecule has 0 heterocycles. The number of hydrogen-bond donors (Lipinski definition) is 1. The molecule has 150 valence electrons. The number of carbonyl (C=O) groups is 2. The standard InChI is InChI=1S/C24H32N2O2/c1-16(2)25-24(28)20(6)26(15-22-10-8-7-9-19(22)5)23(27)14-21-12-17(3)11-18(4)13-21/h7-13,16,20H,14-15H2,1-6H3,(H,25,28)/t20-/m0/s1. The Bertz CT molecular complexity index is 822. The lowest BCUT2D eigenvalue weighted by atomic mass is 10.0. The minimum atomic E-state index is -0.541. The summed E-state index contributed by atoms with van der Waals surface area (Å²) in [4.78, 5) is 27.6. The molecule has 28 heavy (non-hydrogen) atoms. The molecule has 0 fully saturated rings. The molecule has 2 aromatic carbocycles. The zero-order valence-corrected chi connectivity index (χ0v) is 17.9. The lowest BCUT2D eigenvalue weighted by Crippen LogP contribution is -2.49. The third-order valence-electron chi connectivity index (χ3n) is 4.84. The van der Waals surface area contributed by atoms with Crippen molar-refractivity contribution in [3.63, 3.8) is 0 Å². The van der Waals surface area contributed by atoms with Crippen LogP contribution >= 0.6 is 0 Å². The van der Waals surface area contributed by atoms with Crippen LogP contribution in [0.15, 0.2) is 42.5 Å². The molecule has 0 unspecified atom stereocenters. The fourth-order valence-corrected chi connectivity index (χ4v) is 3.41. The first kappa shape index (κ1) is 21.7. The second-order valence-electron chi connectivity index (χ2n) is 7.96. The van der Waals surface area contributed by atoms with Crippen molar-refractivity contribution in [2.45, 2.75) is 66.6 Å². The molecule has 0 saturated carbocycles. The second-order valence-corrected chi connectivity index (χ2v) is 7.96. The van der Waals surface area contributed by atoms with Crippen LogP contribution in [0.3, 0.4) is 0 Å². The van der Waals surface area contributed by atoms with E-state index in [4.69, 9.17) is 0 Å². The fourth-order valence-electron chi connectivity index (χ4n) is 3.41. The quantitative estimate of drug-likeness (QED) is 0.786. The van der Waals surface area contributed by atoms with Crippen LogP contribution in [0.5, 0.6) is 0 Å². The number of aryl methyl sites for hydroxylation is 3. The third-order valence-corrected chi connectivity index (χ3v) is 4.84. The highest BCUT2D eigenvalue weighted by Gasteiger charge is 2.27. The molecule has 0 aliphatic heterocycles. The van der Waals surface area contributed by atoms with E-state index >= 15 is 0 Å². The van der Waals surface area contributed by atoms with Gasteiger partial charge in [-0.1, -0.05) is 53.6 Å². The maximum atomic E-state index is 13.2. The summed E-state index contributed by atoms with van der Waals surface area (Å²) in [5.41, 5.74) is 5.43. The monoisotopic (exact) mass is 380 g/mol. The van der Waals surface area contributed by atoms with E-state index in [-0.39, 0.29) is 24.3 Å². The van der Waals surface area contributed by atoms with Gasteiger partial charge in [0.25, 0.3) is 0 Å². The van der Waals surface area contributed by atoms with Crippen molar-refractivity contribution >= 4 is 11.8 Å². The van der Waals surface area contributed by atoms with Crippen LogP contribution in [0.1, 0.15) is 48.6 Å². The lowest BCUT2D eigenvalue weighted by Gasteiger charge is -2.30. The van der Waals surface area contributed by atoms with Crippen molar-refractivity contribution in [3.8, 4) is 0 Å². The highest BCUT2D eigenvalue weighted by molar-refractivity contribution is 5.88. The summed E-state index contributed by atoms with van der Waals surface area (Å²) in [6, 6.07) is 13.7. The predicted molar refractivity (Wildman–Crippen MR) is 114 cm³/mol. The summed E-state index contributed by atoms with van der Waals surface area (Å²) in [5, 5.41) is 2.93. The van der Waals surface area contributed by atoms with Crippen molar-refractivity contribution < 1.29 is 9.59 Å². The van der Waals surface area contributed by atoms with Gasteiger partial charge in [0.05, 0.1) is 6.42 Å². The smallest absolute Gasteiger partial charge is 0.242 e. The van der Waals surface area contributed by atoms with E-state index in [0.717, 1.165) is 27.8 Å². The molecule has 0 aliphatic rings. The van der Waals surface area contributed by atoms with E-state index < -0.39 is 6.04 Å². The average molecular weight is 381 g/mol. The predicted octanol–water partition coefficient (Wildman–Crippen LogP) is 4.10. The van der Waals surface area contributed by atoms with Crippen LogP contribution in [0.2, 0.25) is 0 Å². The summed E-state index contributed by atoms with van der Waals surface area (Å²) in [7, 11) is 0. The molecular weight excluding hydrogens is 348 g/mol. The van der Waals surface area contributed by atoms with Crippen LogP contribution < -0.4 is 5.32 Å². The van der Waals surface area contributed by atoms with Crippen molar-refractivity contribution in [2.75, 3.05) is 0 Å². The zero-order chi connectivity index (χ0) is 20.8. The number of carbonyl (C=O) groups excluding carboxylic acids is 2. The van der Waals surface area contributed by atoms with Gasteiger partial charge in [-0.25, -0.2) is 0 Å². The molecule has 1 atom stereocenters. The highest BCUT2D eigenvalue weighted by Crippen LogP contribution is 2.16. The van der Waals surface area contributed by atoms with Crippen molar-refractivity contribution in [1.29, 1.82) is 0 Å². The van der Waals surface area contributed by atoms with E-state index in [9.17, 15) is 9.59 Å². The van der Waals surface area contributed by atoms with Crippen molar-refractivity contribution in [1.82, 2.24) is 10.2 Å². The van der Waals surface area contributed by atoms with Crippen LogP contribution in [0.25, 0.3) is 0 Å². The molecule has 0 aliphatic carbocycles. The summed E-state index contributed by atoms with van der Waals surface area (Å²) in [6.45, 7) is 12.2. The Morgan fingerprint density at radius 3 is 2.14 bits per heavy atom. The molecule has 0 aromatic heterocycles. The molecule has 0 spiro atoms. The second kappa shape index (κ2) is 9.54. The first-order valence-electron chi connectivity index (χ1n) is 9.89. The molecule has 0 radical (unpaired) electrons. The number of hydrogen-bond acceptors (Lipinski definition) is 2. The summed E-state index contributed by atoms with van der Waals surface area (Å²) < 4.78 is 0. The summed E-state index contributed by atoms with van der Waals surface area (Å²) >= 11 is 0. The van der Waals surface area contributed by atoms with E-state index in [0.29, 0.717) is 6.54 Å². The molecule has 0 bridgehead atoms. The highest BCUT2D eigenvalue weighted by atomic mass is 16.2. The Morgan fingerprint density at radius 2 is 1.57 bits per heavy atom. The molecule has 1 N–H and O–H groups in total. The minimum absolute atomic E-state index is 0.0322. The average Bonchev–Trinajstić information content (AvgIpc) is 2.58. The normalized spacial score (nSPS) is 12.0. The third kappa shape index (κ3) is 5.95. The molecule has 4 heteroatoms. The molecule has 2 rings (SSSR count). The largest absolute Gasteiger partial charge is 0.352 e. The maximum Gasteiger partial charge on any atom is 0.242 e. The Kier molecular flexibility index (Phi) is 7.38. The van der Waals surface area contributed by atoms with Gasteiger partial charge in [-0.15, -0.1) is 0 Å². The Hall–Kier alpha value is -2.62. The minimum Gasteiger partial charge on any atom is -0.352 e. The maximum absolute atomic E-state index is 13.2. The Balaban J connectivity index is 2.29. The number of benzene rings is 2. The van der Waals surface area contributed by atoms with Gasteiger partial charge >= 0.3 is 0 Å². The van der Waals surface area contributed by atoms with Gasteiger partial charge in [0.1, 0.15) is 6.04 Å². The van der Waals surface area contributed by atoms with Gasteiger partial charge in [-0.3, -0.25) is 9.59 Å². The van der Waals surface area contributed by atoms with Gasteiger partial charge in [-0.2, -0.15) is 0 Å². The molecule has 2 aromatic rings. The van der Waals surface area contributed by atoms with Crippen LogP contribution in [-0.4, -0.2) is 28.8 Å². The van der Waals surface area contributed by atoms with Gasteiger partial charge in [0, 0.05) is 12.6 Å². The van der Waals surface area contributed by atoms with Gasteiger partial charge < -0.3 is 10.2 Å². The van der Waals surface area contributed by atoms with E-state index in [2.05, 4.69) is 11.4 Å². The zero-order valence-electron chi connectivity index (χ0n) is 17.9. The summed E-state index contributed by atoms with van der Waals surface area (Å²) in [6.07, 6.45) is 0.285. The Morgan fingerprint density at radius 1 is 0.964 bits per heavy atom. The summed E-state index contributed by atoms with van der Waals surface area (Å²) in [5.74, 6) is -0.169. The number of rotatable bonds is 7. The molecule has 2 amide bonds. The molecule has 0 saturated heterocycles. The topological polar surface area (TPSA) is 49.4 Å². The van der Waals surface area contributed by atoms with E-state index in [1.54, 1.807) is 11.8 Å². The number of nitrogens with one attached hydrogen (secondary N) is 1. The fraction of sp³-hybridized carbons (Fsp3) is 0.417. The van der Waals surface area contributed by atoms with Crippen LogP contribution in [0.4, 0.5) is 0 Å². The number of amides is 2. The Labute approximate surface area is 169 Å². The van der Waals surface area contributed by atoms with Crippen molar-refractivity contribution in [3.05, 3.63) is 70.3 Å². The molecule has 4 nitrogen and oxygen atoms in total. The van der Waals surface area contributed by atoms with Gasteiger partial charge in [0.2, 0.25) is 11.8 Å². The van der Waals surface area contributed by atoms with Crippen LogP contribution in [0, 0.1) is 20.8 Å².